The average molecular weight is 306 g/mol. The molecular weight excluding hydrogens is 288 g/mol. The first-order valence-electron chi connectivity index (χ1n) is 6.99. The Hall–Kier alpha value is -1.87. The van der Waals surface area contributed by atoms with Crippen molar-refractivity contribution in [2.75, 3.05) is 16.8 Å². The number of nitrogens with one attached hydrogen (secondary N) is 1. The van der Waals surface area contributed by atoms with E-state index < -0.39 is 21.5 Å². The molecule has 0 aliphatic heterocycles. The molecule has 1 N–H and O–H groups in total. The minimum Gasteiger partial charge on any atom is -0.324 e. The van der Waals surface area contributed by atoms with Gasteiger partial charge in [-0.05, 0) is 30.9 Å². The molecule has 5 nitrogen and oxygen atoms in total. The quantitative estimate of drug-likeness (QED) is 0.902. The normalized spacial score (nSPS) is 15.6. The highest BCUT2D eigenvalue weighted by molar-refractivity contribution is 7.92. The molecule has 6 heteroatoms. The zero-order valence-corrected chi connectivity index (χ0v) is 12.5. The molecule has 1 fully saturated rings. The van der Waals surface area contributed by atoms with Crippen LogP contribution in [0.3, 0.4) is 0 Å². The van der Waals surface area contributed by atoms with Crippen LogP contribution in [0.2, 0.25) is 0 Å². The number of amides is 1. The zero-order chi connectivity index (χ0) is 15.3. The van der Waals surface area contributed by atoms with E-state index in [-0.39, 0.29) is 11.7 Å². The topological polar surface area (TPSA) is 87.0 Å². The summed E-state index contributed by atoms with van der Waals surface area (Å²) >= 11 is 0. The minimum absolute atomic E-state index is 0.0836. The van der Waals surface area contributed by atoms with E-state index >= 15 is 0 Å². The van der Waals surface area contributed by atoms with E-state index in [1.807, 2.05) is 6.07 Å². The van der Waals surface area contributed by atoms with Crippen LogP contribution >= 0.6 is 0 Å². The molecule has 0 unspecified atom stereocenters. The van der Waals surface area contributed by atoms with Crippen LogP contribution in [0.5, 0.6) is 0 Å². The SMILES string of the molecule is N#Cc1ccccc1NC(=O)CS(=O)(=O)CC1CCCC1. The second-order valence-corrected chi connectivity index (χ2v) is 7.52. The van der Waals surface area contributed by atoms with Crippen molar-refractivity contribution in [1.82, 2.24) is 0 Å². The first kappa shape index (κ1) is 15.5. The number of nitriles is 1. The van der Waals surface area contributed by atoms with E-state index in [2.05, 4.69) is 5.32 Å². The highest BCUT2D eigenvalue weighted by atomic mass is 32.2. The number of para-hydroxylation sites is 1. The molecule has 21 heavy (non-hydrogen) atoms. The van der Waals surface area contributed by atoms with E-state index in [1.54, 1.807) is 24.3 Å². The second kappa shape index (κ2) is 6.72. The Bertz CT molecular complexity index is 656. The van der Waals surface area contributed by atoms with Crippen molar-refractivity contribution in [2.24, 2.45) is 5.92 Å². The van der Waals surface area contributed by atoms with E-state index in [0.29, 0.717) is 11.3 Å². The van der Waals surface area contributed by atoms with Crippen molar-refractivity contribution in [3.05, 3.63) is 29.8 Å². The third-order valence-corrected chi connectivity index (χ3v) is 5.32. The molecule has 0 aromatic heterocycles. The van der Waals surface area contributed by atoms with Crippen LogP contribution < -0.4 is 5.32 Å². The van der Waals surface area contributed by atoms with E-state index in [9.17, 15) is 13.2 Å². The van der Waals surface area contributed by atoms with Gasteiger partial charge in [-0.15, -0.1) is 0 Å². The van der Waals surface area contributed by atoms with Gasteiger partial charge in [0, 0.05) is 0 Å². The van der Waals surface area contributed by atoms with E-state index in [0.717, 1.165) is 25.7 Å². The van der Waals surface area contributed by atoms with E-state index in [1.165, 1.54) is 0 Å². The summed E-state index contributed by atoms with van der Waals surface area (Å²) in [6.45, 7) is 0. The van der Waals surface area contributed by atoms with Gasteiger partial charge in [-0.3, -0.25) is 4.79 Å². The predicted molar refractivity (Wildman–Crippen MR) is 80.4 cm³/mol. The standard InChI is InChI=1S/C15H18N2O3S/c16-9-13-7-3-4-8-14(13)17-15(18)11-21(19,20)10-12-5-1-2-6-12/h3-4,7-8,12H,1-2,5-6,10-11H2,(H,17,18). The average Bonchev–Trinajstić information content (AvgIpc) is 2.90. The molecule has 1 aliphatic rings. The Balaban J connectivity index is 1.96. The van der Waals surface area contributed by atoms with Crippen molar-refractivity contribution in [3.63, 3.8) is 0 Å². The Morgan fingerprint density at radius 3 is 2.62 bits per heavy atom. The fraction of sp³-hybridized carbons (Fsp3) is 0.467. The maximum absolute atomic E-state index is 12.0. The van der Waals surface area contributed by atoms with Gasteiger partial charge >= 0.3 is 0 Å². The second-order valence-electron chi connectivity index (χ2n) is 5.41. The molecule has 1 saturated carbocycles. The van der Waals surface area contributed by atoms with Crippen LogP contribution in [0.25, 0.3) is 0 Å². The fourth-order valence-corrected chi connectivity index (χ4v) is 4.31. The lowest BCUT2D eigenvalue weighted by Crippen LogP contribution is -2.27. The summed E-state index contributed by atoms with van der Waals surface area (Å²) in [5, 5.41) is 11.4. The van der Waals surface area contributed by atoms with Crippen LogP contribution in [-0.2, 0) is 14.6 Å². The molecule has 0 spiro atoms. The van der Waals surface area contributed by atoms with Crippen LogP contribution in [-0.4, -0.2) is 25.8 Å². The molecule has 0 saturated heterocycles. The summed E-state index contributed by atoms with van der Waals surface area (Å²) < 4.78 is 24.0. The largest absolute Gasteiger partial charge is 0.324 e. The first-order valence-corrected chi connectivity index (χ1v) is 8.82. The number of sulfone groups is 1. The molecule has 0 heterocycles. The summed E-state index contributed by atoms with van der Waals surface area (Å²) in [5.74, 6) is -0.839. The van der Waals surface area contributed by atoms with E-state index in [4.69, 9.17) is 5.26 Å². The summed E-state index contributed by atoms with van der Waals surface area (Å²) in [7, 11) is -3.40. The van der Waals surface area contributed by atoms with Crippen molar-refractivity contribution in [1.29, 1.82) is 5.26 Å². The monoisotopic (exact) mass is 306 g/mol. The molecule has 0 bridgehead atoms. The minimum atomic E-state index is -3.40. The molecule has 1 aromatic rings. The Kier molecular flexibility index (Phi) is 4.97. The van der Waals surface area contributed by atoms with Gasteiger partial charge in [0.2, 0.25) is 5.91 Å². The number of rotatable bonds is 5. The van der Waals surface area contributed by atoms with Gasteiger partial charge in [0.1, 0.15) is 11.8 Å². The first-order chi connectivity index (χ1) is 10.00. The molecule has 112 valence electrons. The molecule has 1 amide bonds. The number of hydrogen-bond donors (Lipinski definition) is 1. The van der Waals surface area contributed by atoms with Gasteiger partial charge in [-0.1, -0.05) is 25.0 Å². The van der Waals surface area contributed by atoms with Gasteiger partial charge in [0.25, 0.3) is 0 Å². The third-order valence-electron chi connectivity index (χ3n) is 3.64. The number of hydrogen-bond acceptors (Lipinski definition) is 4. The van der Waals surface area contributed by atoms with Crippen LogP contribution in [0.1, 0.15) is 31.2 Å². The summed E-state index contributed by atoms with van der Waals surface area (Å²) in [6, 6.07) is 8.48. The smallest absolute Gasteiger partial charge is 0.239 e. The van der Waals surface area contributed by atoms with Gasteiger partial charge in [0.05, 0.1) is 17.0 Å². The highest BCUT2D eigenvalue weighted by Gasteiger charge is 2.24. The molecule has 1 aliphatic carbocycles. The summed E-state index contributed by atoms with van der Waals surface area (Å²) in [5.41, 5.74) is 0.667. The number of carbonyl (C=O) groups is 1. The van der Waals surface area contributed by atoms with Crippen LogP contribution in [0.15, 0.2) is 24.3 Å². The van der Waals surface area contributed by atoms with Crippen molar-refractivity contribution >= 4 is 21.4 Å². The maximum Gasteiger partial charge on any atom is 0.239 e. The third kappa shape index (κ3) is 4.57. The van der Waals surface area contributed by atoms with Crippen LogP contribution in [0.4, 0.5) is 5.69 Å². The molecule has 2 rings (SSSR count). The highest BCUT2D eigenvalue weighted by Crippen LogP contribution is 2.26. The predicted octanol–water partition coefficient (Wildman–Crippen LogP) is 2.10. The van der Waals surface area contributed by atoms with Gasteiger partial charge in [-0.2, -0.15) is 5.26 Å². The van der Waals surface area contributed by atoms with Gasteiger partial charge in [0.15, 0.2) is 9.84 Å². The zero-order valence-electron chi connectivity index (χ0n) is 11.7. The summed E-state index contributed by atoms with van der Waals surface area (Å²) in [4.78, 5) is 11.9. The number of benzene rings is 1. The maximum atomic E-state index is 12.0. The summed E-state index contributed by atoms with van der Waals surface area (Å²) in [6.07, 6.45) is 4.00. The number of anilines is 1. The van der Waals surface area contributed by atoms with Gasteiger partial charge in [-0.25, -0.2) is 8.42 Å². The molecule has 1 aromatic carbocycles. The fourth-order valence-electron chi connectivity index (χ4n) is 2.67. The Labute approximate surface area is 124 Å². The van der Waals surface area contributed by atoms with Crippen molar-refractivity contribution in [2.45, 2.75) is 25.7 Å². The lowest BCUT2D eigenvalue weighted by Gasteiger charge is -2.10. The van der Waals surface area contributed by atoms with Gasteiger partial charge < -0.3 is 5.32 Å². The van der Waals surface area contributed by atoms with Crippen molar-refractivity contribution < 1.29 is 13.2 Å². The molecule has 0 radical (unpaired) electrons. The lowest BCUT2D eigenvalue weighted by atomic mass is 10.1. The number of nitrogens with zero attached hydrogens (tertiary/aromatic N) is 1. The Morgan fingerprint density at radius 1 is 1.29 bits per heavy atom. The molecular formula is C15H18N2O3S. The lowest BCUT2D eigenvalue weighted by molar-refractivity contribution is -0.113. The molecule has 0 atom stereocenters. The van der Waals surface area contributed by atoms with Crippen LogP contribution in [0, 0.1) is 17.2 Å². The Morgan fingerprint density at radius 2 is 1.95 bits per heavy atom. The number of carbonyl (C=O) groups excluding carboxylic acids is 1. The van der Waals surface area contributed by atoms with Crippen molar-refractivity contribution in [3.8, 4) is 6.07 Å².